The molecular formula is C20H18ClN3O2. The summed E-state index contributed by atoms with van der Waals surface area (Å²) in [7, 11) is 1.60. The molecule has 1 heterocycles. The summed E-state index contributed by atoms with van der Waals surface area (Å²) in [6.45, 7) is 0.582. The van der Waals surface area contributed by atoms with Gasteiger partial charge in [-0.25, -0.2) is 4.98 Å². The van der Waals surface area contributed by atoms with Gasteiger partial charge in [0.05, 0.1) is 19.0 Å². The molecule has 0 unspecified atom stereocenters. The number of carbonyl (C=O) groups is 1. The highest BCUT2D eigenvalue weighted by Gasteiger charge is 2.08. The fraction of sp³-hybridized carbons (Fsp3) is 0.100. The van der Waals surface area contributed by atoms with Crippen molar-refractivity contribution in [1.29, 1.82) is 0 Å². The first kappa shape index (κ1) is 17.8. The van der Waals surface area contributed by atoms with E-state index < -0.39 is 0 Å². The fourth-order valence-electron chi connectivity index (χ4n) is 2.34. The maximum absolute atomic E-state index is 12.3. The standard InChI is InChI=1S/C20H18ClN3O2/c1-26-17-9-6-15(7-10-17)24-20(25)19-11-8-16(13-23-19)22-12-14-4-2-3-5-18(14)21/h2-11,13,22H,12H2,1H3,(H,24,25). The van der Waals surface area contributed by atoms with Crippen LogP contribution >= 0.6 is 11.6 Å². The minimum Gasteiger partial charge on any atom is -0.497 e. The van der Waals surface area contributed by atoms with Gasteiger partial charge in [-0.05, 0) is 48.0 Å². The summed E-state index contributed by atoms with van der Waals surface area (Å²) < 4.78 is 5.09. The van der Waals surface area contributed by atoms with Crippen LogP contribution in [0, 0.1) is 0 Å². The molecule has 3 rings (SSSR count). The molecule has 1 aromatic heterocycles. The number of nitrogens with zero attached hydrogens (tertiary/aromatic N) is 1. The second kappa shape index (κ2) is 8.36. The number of hydrogen-bond donors (Lipinski definition) is 2. The molecule has 1 amide bonds. The van der Waals surface area contributed by atoms with E-state index >= 15 is 0 Å². The van der Waals surface area contributed by atoms with Crippen molar-refractivity contribution in [1.82, 2.24) is 4.98 Å². The molecule has 3 aromatic rings. The fourth-order valence-corrected chi connectivity index (χ4v) is 2.54. The number of methoxy groups -OCH3 is 1. The third-order valence-corrected chi connectivity index (χ3v) is 4.15. The van der Waals surface area contributed by atoms with Gasteiger partial charge in [0.15, 0.2) is 0 Å². The first-order valence-electron chi connectivity index (χ1n) is 8.04. The molecule has 132 valence electrons. The highest BCUT2D eigenvalue weighted by molar-refractivity contribution is 6.31. The number of rotatable bonds is 6. The van der Waals surface area contributed by atoms with Gasteiger partial charge in [-0.3, -0.25) is 4.79 Å². The summed E-state index contributed by atoms with van der Waals surface area (Å²) in [6.07, 6.45) is 1.62. The summed E-state index contributed by atoms with van der Waals surface area (Å²) >= 11 is 6.14. The highest BCUT2D eigenvalue weighted by atomic mass is 35.5. The Morgan fingerprint density at radius 1 is 1.04 bits per heavy atom. The lowest BCUT2D eigenvalue weighted by Gasteiger charge is -2.09. The zero-order chi connectivity index (χ0) is 18.4. The molecule has 0 bridgehead atoms. The number of pyridine rings is 1. The minimum absolute atomic E-state index is 0.271. The van der Waals surface area contributed by atoms with E-state index in [4.69, 9.17) is 16.3 Å². The highest BCUT2D eigenvalue weighted by Crippen LogP contribution is 2.18. The Morgan fingerprint density at radius 2 is 1.77 bits per heavy atom. The molecule has 0 spiro atoms. The second-order valence-electron chi connectivity index (χ2n) is 5.56. The Morgan fingerprint density at radius 3 is 2.42 bits per heavy atom. The lowest BCUT2D eigenvalue weighted by atomic mass is 10.2. The van der Waals surface area contributed by atoms with Gasteiger partial charge in [0, 0.05) is 17.3 Å². The van der Waals surface area contributed by atoms with Gasteiger partial charge in [0.1, 0.15) is 11.4 Å². The lowest BCUT2D eigenvalue weighted by molar-refractivity contribution is 0.102. The quantitative estimate of drug-likeness (QED) is 0.668. The zero-order valence-corrected chi connectivity index (χ0v) is 15.0. The van der Waals surface area contributed by atoms with E-state index in [0.29, 0.717) is 22.9 Å². The largest absolute Gasteiger partial charge is 0.497 e. The van der Waals surface area contributed by atoms with Crippen molar-refractivity contribution < 1.29 is 9.53 Å². The Labute approximate surface area is 157 Å². The molecule has 0 saturated carbocycles. The summed E-state index contributed by atoms with van der Waals surface area (Å²) in [5, 5.41) is 6.75. The van der Waals surface area contributed by atoms with Crippen molar-refractivity contribution in [3.63, 3.8) is 0 Å². The van der Waals surface area contributed by atoms with E-state index in [1.54, 1.807) is 43.6 Å². The number of ether oxygens (including phenoxy) is 1. The van der Waals surface area contributed by atoms with Crippen molar-refractivity contribution in [2.24, 2.45) is 0 Å². The van der Waals surface area contributed by atoms with Crippen LogP contribution in [0.2, 0.25) is 5.02 Å². The first-order valence-corrected chi connectivity index (χ1v) is 8.42. The molecule has 0 aliphatic heterocycles. The molecular weight excluding hydrogens is 350 g/mol. The Bertz CT molecular complexity index is 880. The van der Waals surface area contributed by atoms with Crippen LogP contribution in [0.1, 0.15) is 16.1 Å². The van der Waals surface area contributed by atoms with Gasteiger partial charge in [0.2, 0.25) is 0 Å². The van der Waals surface area contributed by atoms with Gasteiger partial charge in [-0.2, -0.15) is 0 Å². The molecule has 0 aliphatic rings. The van der Waals surface area contributed by atoms with Crippen LogP contribution in [-0.2, 0) is 6.54 Å². The molecule has 5 nitrogen and oxygen atoms in total. The van der Waals surface area contributed by atoms with Gasteiger partial charge in [-0.15, -0.1) is 0 Å². The third-order valence-electron chi connectivity index (χ3n) is 3.78. The van der Waals surface area contributed by atoms with Crippen molar-refractivity contribution in [3.05, 3.63) is 83.1 Å². The summed E-state index contributed by atoms with van der Waals surface area (Å²) in [5.41, 5.74) is 2.82. The predicted molar refractivity (Wildman–Crippen MR) is 104 cm³/mol. The van der Waals surface area contributed by atoms with Crippen LogP contribution in [0.15, 0.2) is 66.9 Å². The summed E-state index contributed by atoms with van der Waals surface area (Å²) in [5.74, 6) is 0.461. The molecule has 6 heteroatoms. The van der Waals surface area contributed by atoms with Crippen LogP contribution < -0.4 is 15.4 Å². The molecule has 2 aromatic carbocycles. The maximum Gasteiger partial charge on any atom is 0.274 e. The number of aromatic nitrogens is 1. The van der Waals surface area contributed by atoms with Gasteiger partial charge < -0.3 is 15.4 Å². The smallest absolute Gasteiger partial charge is 0.274 e. The van der Waals surface area contributed by atoms with Crippen molar-refractivity contribution in [3.8, 4) is 5.75 Å². The number of nitrogens with one attached hydrogen (secondary N) is 2. The molecule has 0 fully saturated rings. The van der Waals surface area contributed by atoms with Crippen LogP contribution in [0.4, 0.5) is 11.4 Å². The van der Waals surface area contributed by atoms with E-state index in [-0.39, 0.29) is 5.91 Å². The van der Waals surface area contributed by atoms with E-state index in [9.17, 15) is 4.79 Å². The summed E-state index contributed by atoms with van der Waals surface area (Å²) in [4.78, 5) is 16.5. The van der Waals surface area contributed by atoms with Gasteiger partial charge >= 0.3 is 0 Å². The van der Waals surface area contributed by atoms with Crippen molar-refractivity contribution in [2.45, 2.75) is 6.54 Å². The third kappa shape index (κ3) is 4.52. The molecule has 2 N–H and O–H groups in total. The predicted octanol–water partition coefficient (Wildman–Crippen LogP) is 4.61. The number of hydrogen-bond acceptors (Lipinski definition) is 4. The number of benzene rings is 2. The molecule has 0 atom stereocenters. The number of amides is 1. The number of carbonyl (C=O) groups excluding carboxylic acids is 1. The second-order valence-corrected chi connectivity index (χ2v) is 5.97. The average molecular weight is 368 g/mol. The molecule has 0 aliphatic carbocycles. The number of halogens is 1. The van der Waals surface area contributed by atoms with Gasteiger partial charge in [-0.1, -0.05) is 29.8 Å². The van der Waals surface area contributed by atoms with Crippen LogP contribution in [0.25, 0.3) is 0 Å². The molecule has 0 saturated heterocycles. The lowest BCUT2D eigenvalue weighted by Crippen LogP contribution is -2.13. The normalized spacial score (nSPS) is 10.2. The Balaban J connectivity index is 1.59. The topological polar surface area (TPSA) is 63.2 Å². The van der Waals surface area contributed by atoms with Crippen LogP contribution in [0.5, 0.6) is 5.75 Å². The zero-order valence-electron chi connectivity index (χ0n) is 14.2. The molecule has 0 radical (unpaired) electrons. The Kier molecular flexibility index (Phi) is 5.71. The monoisotopic (exact) mass is 367 g/mol. The van der Waals surface area contributed by atoms with Crippen molar-refractivity contribution in [2.75, 3.05) is 17.7 Å². The average Bonchev–Trinajstić information content (AvgIpc) is 2.68. The first-order chi connectivity index (χ1) is 12.7. The van der Waals surface area contributed by atoms with E-state index in [1.807, 2.05) is 30.3 Å². The summed E-state index contributed by atoms with van der Waals surface area (Å²) in [6, 6.07) is 18.2. The number of anilines is 2. The van der Waals surface area contributed by atoms with Gasteiger partial charge in [0.25, 0.3) is 5.91 Å². The SMILES string of the molecule is COc1ccc(NC(=O)c2ccc(NCc3ccccc3Cl)cn2)cc1. The van der Waals surface area contributed by atoms with E-state index in [0.717, 1.165) is 17.0 Å². The molecule has 26 heavy (non-hydrogen) atoms. The maximum atomic E-state index is 12.3. The van der Waals surface area contributed by atoms with Crippen LogP contribution in [-0.4, -0.2) is 18.0 Å². The van der Waals surface area contributed by atoms with Crippen LogP contribution in [0.3, 0.4) is 0 Å². The van der Waals surface area contributed by atoms with E-state index in [2.05, 4.69) is 15.6 Å². The van der Waals surface area contributed by atoms with Crippen molar-refractivity contribution >= 4 is 28.9 Å². The van der Waals surface area contributed by atoms with E-state index in [1.165, 1.54) is 0 Å². The Hall–Kier alpha value is -3.05. The minimum atomic E-state index is -0.271.